The highest BCUT2D eigenvalue weighted by atomic mass is 19.1. The number of aromatic amines is 1. The summed E-state index contributed by atoms with van der Waals surface area (Å²) in [6.07, 6.45) is 3.30. The predicted octanol–water partition coefficient (Wildman–Crippen LogP) is 4.74. The van der Waals surface area contributed by atoms with Crippen LogP contribution in [0.2, 0.25) is 0 Å². The molecule has 4 aromatic rings. The molecule has 0 saturated heterocycles. The van der Waals surface area contributed by atoms with Gasteiger partial charge in [0.1, 0.15) is 35.2 Å². The summed E-state index contributed by atoms with van der Waals surface area (Å²) in [7, 11) is 0. The lowest BCUT2D eigenvalue weighted by Crippen LogP contribution is -2.24. The Bertz CT molecular complexity index is 1470. The van der Waals surface area contributed by atoms with E-state index >= 15 is 0 Å². The van der Waals surface area contributed by atoms with Gasteiger partial charge in [-0.2, -0.15) is 0 Å². The highest BCUT2D eigenvalue weighted by Crippen LogP contribution is 2.27. The Hall–Kier alpha value is -4.66. The first-order valence-electron chi connectivity index (χ1n) is 11.4. The van der Waals surface area contributed by atoms with Crippen LogP contribution in [-0.4, -0.2) is 34.5 Å². The summed E-state index contributed by atoms with van der Waals surface area (Å²) >= 11 is 0. The van der Waals surface area contributed by atoms with Crippen molar-refractivity contribution in [3.8, 4) is 22.9 Å². The second kappa shape index (κ2) is 11.4. The number of H-pyrrole nitrogens is 1. The Morgan fingerprint density at radius 1 is 0.973 bits per heavy atom. The minimum absolute atomic E-state index is 0.0876. The number of rotatable bonds is 10. The second-order valence-corrected chi connectivity index (χ2v) is 8.40. The van der Waals surface area contributed by atoms with Crippen molar-refractivity contribution in [1.29, 1.82) is 0 Å². The van der Waals surface area contributed by atoms with Crippen LogP contribution >= 0.6 is 0 Å². The van der Waals surface area contributed by atoms with Crippen molar-refractivity contribution in [2.45, 2.75) is 19.8 Å². The van der Waals surface area contributed by atoms with Crippen molar-refractivity contribution in [1.82, 2.24) is 15.3 Å². The molecule has 0 aliphatic rings. The van der Waals surface area contributed by atoms with Gasteiger partial charge in [-0.3, -0.25) is 14.6 Å². The second-order valence-electron chi connectivity index (χ2n) is 8.40. The first-order chi connectivity index (χ1) is 17.8. The van der Waals surface area contributed by atoms with Crippen LogP contribution < -0.4 is 10.1 Å². The molecule has 188 valence electrons. The van der Waals surface area contributed by atoms with Gasteiger partial charge in [0.2, 0.25) is 0 Å². The molecule has 0 spiro atoms. The number of ketones is 1. The lowest BCUT2D eigenvalue weighted by atomic mass is 10.0. The average Bonchev–Trinajstić information content (AvgIpc) is 3.37. The van der Waals surface area contributed by atoms with Crippen LogP contribution in [0, 0.1) is 18.6 Å². The molecule has 2 heterocycles. The van der Waals surface area contributed by atoms with Gasteiger partial charge in [0, 0.05) is 37.4 Å². The van der Waals surface area contributed by atoms with E-state index in [1.54, 1.807) is 36.4 Å². The topological polar surface area (TPSA) is 101 Å². The molecule has 37 heavy (non-hydrogen) atoms. The first kappa shape index (κ1) is 25.4. The van der Waals surface area contributed by atoms with Gasteiger partial charge in [0.05, 0.1) is 23.5 Å². The molecule has 0 bridgehead atoms. The lowest BCUT2D eigenvalue weighted by molar-refractivity contribution is -0.117. The fourth-order valence-corrected chi connectivity index (χ4v) is 3.73. The van der Waals surface area contributed by atoms with Gasteiger partial charge < -0.3 is 19.8 Å². The number of aryl methyl sites for hydroxylation is 1. The molecule has 2 aromatic carbocycles. The molecule has 1 amide bonds. The zero-order valence-electron chi connectivity index (χ0n) is 19.9. The van der Waals surface area contributed by atoms with Crippen LogP contribution in [0.3, 0.4) is 0 Å². The van der Waals surface area contributed by atoms with Crippen LogP contribution in [0.1, 0.15) is 27.0 Å². The molecule has 2 aromatic heterocycles. The van der Waals surface area contributed by atoms with E-state index in [2.05, 4.69) is 15.3 Å². The van der Waals surface area contributed by atoms with Crippen molar-refractivity contribution in [2.75, 3.05) is 6.54 Å². The summed E-state index contributed by atoms with van der Waals surface area (Å²) in [6, 6.07) is 13.5. The van der Waals surface area contributed by atoms with E-state index in [1.165, 1.54) is 30.6 Å². The SMILES string of the molecule is Cc1ccc(F)c(CC(=O)Cc2ccc(Oc3ccnc(-c4cc(C(=O)NCC=O)c[nH]4)c3)cc2F)c1. The van der Waals surface area contributed by atoms with Crippen LogP contribution in [-0.2, 0) is 22.4 Å². The summed E-state index contributed by atoms with van der Waals surface area (Å²) < 4.78 is 34.4. The van der Waals surface area contributed by atoms with Crippen molar-refractivity contribution in [3.05, 3.63) is 101 Å². The molecule has 0 atom stereocenters. The van der Waals surface area contributed by atoms with E-state index in [0.29, 0.717) is 29.0 Å². The molecular formula is C28H23F2N3O4. The standard InChI is InChI=1S/C28H23F2N3O4/c1-17-2-5-24(29)19(10-17)12-21(35)11-18-3-4-22(14-25(18)30)37-23-6-7-31-27(15-23)26-13-20(16-33-26)28(36)32-8-9-34/h2-7,9-10,13-16,33H,8,11-12H2,1H3,(H,32,36). The molecular weight excluding hydrogens is 480 g/mol. The Kier molecular flexibility index (Phi) is 7.83. The fraction of sp³-hybridized carbons (Fsp3) is 0.143. The fourth-order valence-electron chi connectivity index (χ4n) is 3.73. The molecule has 0 saturated carbocycles. The molecule has 4 rings (SSSR count). The maximum Gasteiger partial charge on any atom is 0.253 e. The third-order valence-corrected chi connectivity index (χ3v) is 5.54. The number of nitrogens with one attached hydrogen (secondary N) is 2. The number of amides is 1. The Morgan fingerprint density at radius 3 is 2.54 bits per heavy atom. The molecule has 0 fully saturated rings. The lowest BCUT2D eigenvalue weighted by Gasteiger charge is -2.09. The summed E-state index contributed by atoms with van der Waals surface area (Å²) in [6.45, 7) is 1.72. The number of ether oxygens (including phenoxy) is 1. The number of pyridine rings is 1. The van der Waals surface area contributed by atoms with Crippen molar-refractivity contribution in [3.63, 3.8) is 0 Å². The number of aromatic nitrogens is 2. The number of carbonyl (C=O) groups is 3. The van der Waals surface area contributed by atoms with Crippen LogP contribution in [0.4, 0.5) is 8.78 Å². The van der Waals surface area contributed by atoms with Crippen molar-refractivity contribution < 1.29 is 27.9 Å². The number of Topliss-reactive ketones (excluding diaryl/α,β-unsaturated/α-hetero) is 1. The molecule has 0 aliphatic carbocycles. The third-order valence-electron chi connectivity index (χ3n) is 5.54. The molecule has 2 N–H and O–H groups in total. The Balaban J connectivity index is 1.42. The summed E-state index contributed by atoms with van der Waals surface area (Å²) in [5.41, 5.74) is 2.68. The predicted molar refractivity (Wildman–Crippen MR) is 132 cm³/mol. The van der Waals surface area contributed by atoms with E-state index in [4.69, 9.17) is 4.74 Å². The summed E-state index contributed by atoms with van der Waals surface area (Å²) in [5, 5.41) is 2.45. The third kappa shape index (κ3) is 6.52. The average molecular weight is 504 g/mol. The highest BCUT2D eigenvalue weighted by Gasteiger charge is 2.14. The van der Waals surface area contributed by atoms with Crippen LogP contribution in [0.5, 0.6) is 11.5 Å². The summed E-state index contributed by atoms with van der Waals surface area (Å²) in [5.74, 6) is -1.18. The van der Waals surface area contributed by atoms with Crippen molar-refractivity contribution >= 4 is 18.0 Å². The number of carbonyl (C=O) groups excluding carboxylic acids is 3. The smallest absolute Gasteiger partial charge is 0.253 e. The minimum Gasteiger partial charge on any atom is -0.457 e. The number of hydrogen-bond donors (Lipinski definition) is 2. The molecule has 9 heteroatoms. The zero-order chi connectivity index (χ0) is 26.4. The Morgan fingerprint density at radius 2 is 1.76 bits per heavy atom. The zero-order valence-corrected chi connectivity index (χ0v) is 19.9. The van der Waals surface area contributed by atoms with Gasteiger partial charge in [0.25, 0.3) is 5.91 Å². The molecule has 0 unspecified atom stereocenters. The van der Waals surface area contributed by atoms with Gasteiger partial charge in [-0.05, 0) is 42.3 Å². The quantitative estimate of drug-likeness (QED) is 0.305. The molecule has 0 aliphatic heterocycles. The highest BCUT2D eigenvalue weighted by molar-refractivity contribution is 5.96. The number of halogens is 2. The van der Waals surface area contributed by atoms with E-state index < -0.39 is 17.5 Å². The van der Waals surface area contributed by atoms with Gasteiger partial charge >= 0.3 is 0 Å². The van der Waals surface area contributed by atoms with Crippen molar-refractivity contribution in [2.24, 2.45) is 0 Å². The van der Waals surface area contributed by atoms with E-state index in [-0.39, 0.29) is 42.0 Å². The maximum atomic E-state index is 14.7. The molecule has 7 nitrogen and oxygen atoms in total. The van der Waals surface area contributed by atoms with E-state index in [0.717, 1.165) is 5.56 Å². The van der Waals surface area contributed by atoms with Gasteiger partial charge in [-0.25, -0.2) is 8.78 Å². The largest absolute Gasteiger partial charge is 0.457 e. The van der Waals surface area contributed by atoms with Gasteiger partial charge in [-0.1, -0.05) is 23.8 Å². The van der Waals surface area contributed by atoms with Crippen LogP contribution in [0.15, 0.2) is 67.0 Å². The normalized spacial score (nSPS) is 10.7. The number of benzene rings is 2. The van der Waals surface area contributed by atoms with E-state index in [9.17, 15) is 23.2 Å². The monoisotopic (exact) mass is 503 g/mol. The Labute approximate surface area is 211 Å². The number of aldehydes is 1. The van der Waals surface area contributed by atoms with E-state index in [1.807, 2.05) is 6.92 Å². The van der Waals surface area contributed by atoms with Crippen LogP contribution in [0.25, 0.3) is 11.4 Å². The minimum atomic E-state index is -0.611. The first-order valence-corrected chi connectivity index (χ1v) is 11.4. The maximum absolute atomic E-state index is 14.7. The number of nitrogens with zero attached hydrogens (tertiary/aromatic N) is 1. The van der Waals surface area contributed by atoms with Gasteiger partial charge in [0.15, 0.2) is 0 Å². The van der Waals surface area contributed by atoms with Gasteiger partial charge in [-0.15, -0.1) is 0 Å². The summed E-state index contributed by atoms with van der Waals surface area (Å²) in [4.78, 5) is 42.1. The molecule has 0 radical (unpaired) electrons. The number of hydrogen-bond acceptors (Lipinski definition) is 5.